The van der Waals surface area contributed by atoms with Gasteiger partial charge in [0.25, 0.3) is 0 Å². The quantitative estimate of drug-likeness (QED) is 0.915. The van der Waals surface area contributed by atoms with Gasteiger partial charge >= 0.3 is 0 Å². The smallest absolute Gasteiger partial charge is 0.117 e. The van der Waals surface area contributed by atoms with Gasteiger partial charge in [-0.25, -0.2) is 0 Å². The number of hydrogen-bond acceptors (Lipinski definition) is 3. The van der Waals surface area contributed by atoms with E-state index in [1.54, 1.807) is 12.3 Å². The molecule has 0 spiro atoms. The van der Waals surface area contributed by atoms with Crippen LogP contribution in [0.1, 0.15) is 17.4 Å². The molecule has 2 aromatic rings. The SMILES string of the molecule is CN(Cc1ccco1)C(CN)c1cc(Cl)cc(Cl)c1. The van der Waals surface area contributed by atoms with Gasteiger partial charge in [-0.15, -0.1) is 0 Å². The van der Waals surface area contributed by atoms with E-state index in [0.29, 0.717) is 23.1 Å². The summed E-state index contributed by atoms with van der Waals surface area (Å²) in [5, 5.41) is 1.24. The molecule has 3 nitrogen and oxygen atoms in total. The average molecular weight is 299 g/mol. The number of likely N-dealkylation sites (N-methyl/N-ethyl adjacent to an activating group) is 1. The molecule has 0 saturated carbocycles. The van der Waals surface area contributed by atoms with E-state index in [2.05, 4.69) is 4.90 Å². The van der Waals surface area contributed by atoms with E-state index in [0.717, 1.165) is 11.3 Å². The topological polar surface area (TPSA) is 42.4 Å². The van der Waals surface area contributed by atoms with Crippen LogP contribution in [0, 0.1) is 0 Å². The maximum Gasteiger partial charge on any atom is 0.117 e. The number of halogens is 2. The van der Waals surface area contributed by atoms with E-state index < -0.39 is 0 Å². The van der Waals surface area contributed by atoms with Crippen molar-refractivity contribution < 1.29 is 4.42 Å². The molecule has 0 bridgehead atoms. The zero-order valence-corrected chi connectivity index (χ0v) is 12.2. The molecule has 1 aromatic heterocycles. The van der Waals surface area contributed by atoms with Gasteiger partial charge in [-0.1, -0.05) is 23.2 Å². The summed E-state index contributed by atoms with van der Waals surface area (Å²) < 4.78 is 5.35. The molecule has 1 aromatic carbocycles. The fourth-order valence-electron chi connectivity index (χ4n) is 2.10. The van der Waals surface area contributed by atoms with Crippen LogP contribution in [0.2, 0.25) is 10.0 Å². The standard InChI is InChI=1S/C14H16Cl2N2O/c1-18(9-13-3-2-4-19-13)14(8-17)10-5-11(15)7-12(16)6-10/h2-7,14H,8-9,17H2,1H3. The number of furan rings is 1. The summed E-state index contributed by atoms with van der Waals surface area (Å²) in [5.74, 6) is 0.897. The zero-order chi connectivity index (χ0) is 13.8. The number of benzene rings is 1. The third-order valence-corrected chi connectivity index (χ3v) is 3.45. The lowest BCUT2D eigenvalue weighted by Crippen LogP contribution is -2.30. The highest BCUT2D eigenvalue weighted by molar-refractivity contribution is 6.34. The molecule has 0 radical (unpaired) electrons. The largest absolute Gasteiger partial charge is 0.468 e. The molecule has 1 atom stereocenters. The van der Waals surface area contributed by atoms with Gasteiger partial charge in [0.05, 0.1) is 12.8 Å². The normalized spacial score (nSPS) is 12.9. The Balaban J connectivity index is 2.18. The second kappa shape index (κ2) is 6.44. The number of rotatable bonds is 5. The van der Waals surface area contributed by atoms with Crippen molar-refractivity contribution in [1.82, 2.24) is 4.90 Å². The molecule has 5 heteroatoms. The van der Waals surface area contributed by atoms with E-state index in [4.69, 9.17) is 33.4 Å². The van der Waals surface area contributed by atoms with Gasteiger partial charge in [-0.05, 0) is 42.9 Å². The maximum atomic E-state index is 6.04. The summed E-state index contributed by atoms with van der Waals surface area (Å²) in [6.07, 6.45) is 1.66. The molecule has 0 aliphatic carbocycles. The number of hydrogen-bond donors (Lipinski definition) is 1. The third kappa shape index (κ3) is 3.74. The minimum absolute atomic E-state index is 0.0429. The Bertz CT molecular complexity index is 508. The van der Waals surface area contributed by atoms with Gasteiger partial charge in [0, 0.05) is 22.6 Å². The van der Waals surface area contributed by atoms with Crippen LogP contribution in [0.5, 0.6) is 0 Å². The first kappa shape index (κ1) is 14.4. The Hall–Kier alpha value is -1.000. The average Bonchev–Trinajstić information content (AvgIpc) is 2.81. The van der Waals surface area contributed by atoms with Gasteiger partial charge in [-0.2, -0.15) is 0 Å². The molecule has 0 saturated heterocycles. The lowest BCUT2D eigenvalue weighted by atomic mass is 10.1. The van der Waals surface area contributed by atoms with E-state index in [9.17, 15) is 0 Å². The fraction of sp³-hybridized carbons (Fsp3) is 0.286. The van der Waals surface area contributed by atoms with Crippen molar-refractivity contribution in [2.75, 3.05) is 13.6 Å². The lowest BCUT2D eigenvalue weighted by molar-refractivity contribution is 0.223. The summed E-state index contributed by atoms with van der Waals surface area (Å²) >= 11 is 12.1. The van der Waals surface area contributed by atoms with Crippen LogP contribution in [0.15, 0.2) is 41.0 Å². The van der Waals surface area contributed by atoms with E-state index in [1.165, 1.54) is 0 Å². The second-order valence-corrected chi connectivity index (χ2v) is 5.32. The van der Waals surface area contributed by atoms with Crippen LogP contribution in [0.25, 0.3) is 0 Å². The Morgan fingerprint density at radius 2 is 1.95 bits per heavy atom. The third-order valence-electron chi connectivity index (χ3n) is 3.01. The van der Waals surface area contributed by atoms with Crippen molar-refractivity contribution in [2.45, 2.75) is 12.6 Å². The maximum absolute atomic E-state index is 6.04. The molecule has 0 amide bonds. The van der Waals surface area contributed by atoms with Gasteiger partial charge in [0.15, 0.2) is 0 Å². The lowest BCUT2D eigenvalue weighted by Gasteiger charge is -2.26. The molecular formula is C14H16Cl2N2O. The molecule has 0 aliphatic heterocycles. The molecule has 0 aliphatic rings. The van der Waals surface area contributed by atoms with Crippen molar-refractivity contribution in [3.63, 3.8) is 0 Å². The molecule has 19 heavy (non-hydrogen) atoms. The Labute approximate surface area is 122 Å². The molecule has 102 valence electrons. The molecule has 1 heterocycles. The number of nitrogens with zero attached hydrogens (tertiary/aromatic N) is 1. The zero-order valence-electron chi connectivity index (χ0n) is 10.6. The molecular weight excluding hydrogens is 283 g/mol. The predicted octanol–water partition coefficient (Wildman–Crippen LogP) is 3.72. The molecule has 2 rings (SSSR count). The van der Waals surface area contributed by atoms with Crippen LogP contribution in [-0.2, 0) is 6.54 Å². The fourth-order valence-corrected chi connectivity index (χ4v) is 2.64. The summed E-state index contributed by atoms with van der Waals surface area (Å²) in [4.78, 5) is 2.11. The summed E-state index contributed by atoms with van der Waals surface area (Å²) in [6, 6.07) is 9.35. The van der Waals surface area contributed by atoms with Crippen molar-refractivity contribution >= 4 is 23.2 Å². The molecule has 0 fully saturated rings. The van der Waals surface area contributed by atoms with Crippen LogP contribution in [-0.4, -0.2) is 18.5 Å². The molecule has 1 unspecified atom stereocenters. The highest BCUT2D eigenvalue weighted by Crippen LogP contribution is 2.26. The van der Waals surface area contributed by atoms with Crippen molar-refractivity contribution in [2.24, 2.45) is 5.73 Å². The van der Waals surface area contributed by atoms with Crippen molar-refractivity contribution in [3.05, 3.63) is 58.0 Å². The van der Waals surface area contributed by atoms with E-state index in [1.807, 2.05) is 31.3 Å². The summed E-state index contributed by atoms with van der Waals surface area (Å²) in [7, 11) is 1.99. The van der Waals surface area contributed by atoms with E-state index in [-0.39, 0.29) is 6.04 Å². The minimum Gasteiger partial charge on any atom is -0.468 e. The van der Waals surface area contributed by atoms with Crippen molar-refractivity contribution in [3.8, 4) is 0 Å². The Morgan fingerprint density at radius 3 is 2.47 bits per heavy atom. The van der Waals surface area contributed by atoms with Gasteiger partial charge < -0.3 is 10.2 Å². The van der Waals surface area contributed by atoms with Crippen LogP contribution >= 0.6 is 23.2 Å². The highest BCUT2D eigenvalue weighted by Gasteiger charge is 2.17. The van der Waals surface area contributed by atoms with Gasteiger partial charge in [0.1, 0.15) is 5.76 Å². The summed E-state index contributed by atoms with van der Waals surface area (Å²) in [5.41, 5.74) is 6.88. The predicted molar refractivity (Wildman–Crippen MR) is 78.4 cm³/mol. The summed E-state index contributed by atoms with van der Waals surface area (Å²) in [6.45, 7) is 1.16. The Kier molecular flexibility index (Phi) is 4.88. The first-order chi connectivity index (χ1) is 9.10. The second-order valence-electron chi connectivity index (χ2n) is 4.45. The van der Waals surface area contributed by atoms with Crippen LogP contribution in [0.3, 0.4) is 0 Å². The molecule has 2 N–H and O–H groups in total. The monoisotopic (exact) mass is 298 g/mol. The highest BCUT2D eigenvalue weighted by atomic mass is 35.5. The van der Waals surface area contributed by atoms with E-state index >= 15 is 0 Å². The van der Waals surface area contributed by atoms with Crippen molar-refractivity contribution in [1.29, 1.82) is 0 Å². The van der Waals surface area contributed by atoms with Crippen LogP contribution in [0.4, 0.5) is 0 Å². The van der Waals surface area contributed by atoms with Gasteiger partial charge in [-0.3, -0.25) is 4.90 Å². The Morgan fingerprint density at radius 1 is 1.26 bits per heavy atom. The van der Waals surface area contributed by atoms with Gasteiger partial charge in [0.2, 0.25) is 0 Å². The number of nitrogens with two attached hydrogens (primary N) is 1. The van der Waals surface area contributed by atoms with Crippen LogP contribution < -0.4 is 5.73 Å². The minimum atomic E-state index is 0.0429. The first-order valence-corrected chi connectivity index (χ1v) is 6.74. The first-order valence-electron chi connectivity index (χ1n) is 5.99.